The second-order valence-corrected chi connectivity index (χ2v) is 5.45. The summed E-state index contributed by atoms with van der Waals surface area (Å²) in [5.41, 5.74) is 0.564. The number of amides is 1. The third-order valence-corrected chi connectivity index (χ3v) is 4.04. The molecule has 4 heteroatoms. The van der Waals surface area contributed by atoms with Crippen LogP contribution in [0.1, 0.15) is 16.8 Å². The highest BCUT2D eigenvalue weighted by atomic mass is 79.9. The van der Waals surface area contributed by atoms with Gasteiger partial charge in [-0.2, -0.15) is 0 Å². The molecule has 2 nitrogen and oxygen atoms in total. The van der Waals surface area contributed by atoms with E-state index in [-0.39, 0.29) is 11.7 Å². The van der Waals surface area contributed by atoms with Crippen LogP contribution in [0.5, 0.6) is 0 Å². The molecule has 1 heterocycles. The lowest BCUT2D eigenvalue weighted by molar-refractivity contribution is 0.0775. The van der Waals surface area contributed by atoms with Crippen LogP contribution in [0.25, 0.3) is 0 Å². The minimum Gasteiger partial charge on any atom is -0.338 e. The number of rotatable bonds is 1. The van der Waals surface area contributed by atoms with E-state index in [4.69, 9.17) is 0 Å². The van der Waals surface area contributed by atoms with Gasteiger partial charge in [-0.25, -0.2) is 4.39 Å². The van der Waals surface area contributed by atoms with E-state index in [9.17, 15) is 9.18 Å². The zero-order chi connectivity index (χ0) is 11.3. The van der Waals surface area contributed by atoms with E-state index in [0.717, 1.165) is 24.9 Å². The van der Waals surface area contributed by atoms with Gasteiger partial charge in [0.15, 0.2) is 0 Å². The Labute approximate surface area is 102 Å². The Morgan fingerprint density at radius 1 is 1.38 bits per heavy atom. The quantitative estimate of drug-likeness (QED) is 0.776. The molecule has 0 spiro atoms. The fraction of sp³-hybridized carbons (Fsp3) is 0.417. The molecule has 1 amide bonds. The zero-order valence-electron chi connectivity index (χ0n) is 8.62. The number of carbonyl (C=O) groups is 1. The molecule has 3 rings (SSSR count). The van der Waals surface area contributed by atoms with Gasteiger partial charge in [-0.15, -0.1) is 0 Å². The summed E-state index contributed by atoms with van der Waals surface area (Å²) in [4.78, 5) is 13.9. The van der Waals surface area contributed by atoms with Crippen LogP contribution in [-0.4, -0.2) is 23.9 Å². The number of nitrogens with zero attached hydrogens (tertiary/aromatic N) is 1. The molecule has 0 aromatic heterocycles. The first-order valence-electron chi connectivity index (χ1n) is 5.39. The number of halogens is 2. The first kappa shape index (κ1) is 10.3. The summed E-state index contributed by atoms with van der Waals surface area (Å²) in [7, 11) is 0. The van der Waals surface area contributed by atoms with E-state index < -0.39 is 0 Å². The van der Waals surface area contributed by atoms with Crippen molar-refractivity contribution in [1.29, 1.82) is 0 Å². The maximum atomic E-state index is 13.0. The van der Waals surface area contributed by atoms with Gasteiger partial charge in [0.05, 0.1) is 4.47 Å². The van der Waals surface area contributed by atoms with Gasteiger partial charge in [-0.3, -0.25) is 4.79 Å². The van der Waals surface area contributed by atoms with Gasteiger partial charge in [-0.05, 0) is 52.4 Å². The number of fused-ring (bicyclic) bond motifs is 1. The van der Waals surface area contributed by atoms with Gasteiger partial charge >= 0.3 is 0 Å². The second kappa shape index (κ2) is 3.55. The molecule has 2 fully saturated rings. The van der Waals surface area contributed by atoms with Crippen LogP contribution < -0.4 is 0 Å². The molecular weight excluding hydrogens is 273 g/mol. The fourth-order valence-corrected chi connectivity index (χ4v) is 2.75. The molecule has 1 aromatic rings. The van der Waals surface area contributed by atoms with E-state index in [1.54, 1.807) is 12.1 Å². The van der Waals surface area contributed by atoms with Crippen molar-refractivity contribution in [3.8, 4) is 0 Å². The lowest BCUT2D eigenvalue weighted by Gasteiger charge is -2.17. The van der Waals surface area contributed by atoms with E-state index in [1.165, 1.54) is 12.5 Å². The van der Waals surface area contributed by atoms with E-state index in [0.29, 0.717) is 10.0 Å². The summed E-state index contributed by atoms with van der Waals surface area (Å²) in [6, 6.07) is 4.43. The SMILES string of the molecule is O=C(c1ccc(F)c(Br)c1)N1CC2CC2C1. The Balaban J connectivity index is 1.80. The van der Waals surface area contributed by atoms with Gasteiger partial charge in [0.2, 0.25) is 0 Å². The van der Waals surface area contributed by atoms with Crippen LogP contribution in [0.3, 0.4) is 0 Å². The molecule has 1 aromatic carbocycles. The van der Waals surface area contributed by atoms with E-state index in [2.05, 4.69) is 15.9 Å². The third-order valence-electron chi connectivity index (χ3n) is 3.43. The smallest absolute Gasteiger partial charge is 0.253 e. The van der Waals surface area contributed by atoms with Crippen molar-refractivity contribution in [2.24, 2.45) is 11.8 Å². The maximum Gasteiger partial charge on any atom is 0.253 e. The molecule has 1 saturated carbocycles. The molecular formula is C12H11BrFNO. The van der Waals surface area contributed by atoms with E-state index in [1.807, 2.05) is 4.90 Å². The Bertz CT molecular complexity index is 452. The van der Waals surface area contributed by atoms with Gasteiger partial charge in [0, 0.05) is 18.7 Å². The standard InChI is InChI=1S/C12H11BrFNO/c13-10-4-7(1-2-11(10)14)12(16)15-5-8-3-9(8)6-15/h1-2,4,8-9H,3,5-6H2. The average molecular weight is 284 g/mol. The number of hydrogen-bond acceptors (Lipinski definition) is 1. The number of hydrogen-bond donors (Lipinski definition) is 0. The summed E-state index contributed by atoms with van der Waals surface area (Å²) in [6.45, 7) is 1.75. The molecule has 1 aliphatic heterocycles. The summed E-state index contributed by atoms with van der Waals surface area (Å²) < 4.78 is 13.4. The van der Waals surface area contributed by atoms with Crippen LogP contribution in [-0.2, 0) is 0 Å². The molecule has 84 valence electrons. The first-order chi connectivity index (χ1) is 7.65. The molecule has 0 N–H and O–H groups in total. The zero-order valence-corrected chi connectivity index (χ0v) is 10.2. The van der Waals surface area contributed by atoms with Crippen molar-refractivity contribution >= 4 is 21.8 Å². The van der Waals surface area contributed by atoms with Crippen molar-refractivity contribution in [2.75, 3.05) is 13.1 Å². The lowest BCUT2D eigenvalue weighted by Crippen LogP contribution is -2.30. The lowest BCUT2D eigenvalue weighted by atomic mass is 10.2. The third kappa shape index (κ3) is 1.65. The molecule has 16 heavy (non-hydrogen) atoms. The summed E-state index contributed by atoms with van der Waals surface area (Å²) in [5, 5.41) is 0. The van der Waals surface area contributed by atoms with Crippen molar-refractivity contribution in [2.45, 2.75) is 6.42 Å². The predicted molar refractivity (Wildman–Crippen MR) is 61.6 cm³/mol. The molecule has 0 bridgehead atoms. The molecule has 2 aliphatic rings. The number of benzene rings is 1. The van der Waals surface area contributed by atoms with Crippen molar-refractivity contribution in [3.05, 3.63) is 34.1 Å². The Kier molecular flexibility index (Phi) is 2.28. The van der Waals surface area contributed by atoms with Crippen molar-refractivity contribution in [1.82, 2.24) is 4.90 Å². The number of likely N-dealkylation sites (tertiary alicyclic amines) is 1. The maximum absolute atomic E-state index is 13.0. The minimum atomic E-state index is -0.333. The molecule has 1 aliphatic carbocycles. The van der Waals surface area contributed by atoms with Crippen molar-refractivity contribution < 1.29 is 9.18 Å². The van der Waals surface area contributed by atoms with Crippen LogP contribution in [0.4, 0.5) is 4.39 Å². The van der Waals surface area contributed by atoms with Crippen LogP contribution >= 0.6 is 15.9 Å². The summed E-state index contributed by atoms with van der Waals surface area (Å²) in [5.74, 6) is 1.15. The Morgan fingerprint density at radius 2 is 2.06 bits per heavy atom. The normalized spacial score (nSPS) is 26.8. The number of piperidine rings is 1. The monoisotopic (exact) mass is 283 g/mol. The highest BCUT2D eigenvalue weighted by Gasteiger charge is 2.46. The highest BCUT2D eigenvalue weighted by molar-refractivity contribution is 9.10. The molecule has 1 saturated heterocycles. The highest BCUT2D eigenvalue weighted by Crippen LogP contribution is 2.45. The fourth-order valence-electron chi connectivity index (χ4n) is 2.38. The summed E-state index contributed by atoms with van der Waals surface area (Å²) >= 11 is 3.10. The topological polar surface area (TPSA) is 20.3 Å². The molecule has 0 radical (unpaired) electrons. The number of carbonyl (C=O) groups excluding carboxylic acids is 1. The summed E-state index contributed by atoms with van der Waals surface area (Å²) in [6.07, 6.45) is 1.27. The molecule has 2 unspecified atom stereocenters. The molecule has 2 atom stereocenters. The van der Waals surface area contributed by atoms with Crippen molar-refractivity contribution in [3.63, 3.8) is 0 Å². The Morgan fingerprint density at radius 3 is 2.69 bits per heavy atom. The van der Waals surface area contributed by atoms with Crippen LogP contribution in [0.2, 0.25) is 0 Å². The largest absolute Gasteiger partial charge is 0.338 e. The van der Waals surface area contributed by atoms with Crippen LogP contribution in [0.15, 0.2) is 22.7 Å². The predicted octanol–water partition coefficient (Wildman–Crippen LogP) is 2.68. The Hall–Kier alpha value is -0.900. The average Bonchev–Trinajstić information content (AvgIpc) is 2.89. The van der Waals surface area contributed by atoms with Crippen LogP contribution in [0, 0.1) is 17.7 Å². The van der Waals surface area contributed by atoms with Gasteiger partial charge in [-0.1, -0.05) is 0 Å². The van der Waals surface area contributed by atoms with Gasteiger partial charge in [0.25, 0.3) is 5.91 Å². The van der Waals surface area contributed by atoms with E-state index >= 15 is 0 Å². The van der Waals surface area contributed by atoms with Gasteiger partial charge < -0.3 is 4.90 Å². The van der Waals surface area contributed by atoms with Gasteiger partial charge in [0.1, 0.15) is 5.82 Å². The second-order valence-electron chi connectivity index (χ2n) is 4.59. The minimum absolute atomic E-state index is 0.0212. The first-order valence-corrected chi connectivity index (χ1v) is 6.19.